The molecule has 0 unspecified atom stereocenters. The fourth-order valence-corrected chi connectivity index (χ4v) is 2.11. The first-order valence-electron chi connectivity index (χ1n) is 5.38. The maximum atomic E-state index is 11.9. The highest BCUT2D eigenvalue weighted by Crippen LogP contribution is 2.38. The van der Waals surface area contributed by atoms with Crippen LogP contribution < -0.4 is 5.56 Å². The van der Waals surface area contributed by atoms with E-state index in [-0.39, 0.29) is 17.3 Å². The third kappa shape index (κ3) is 2.28. The van der Waals surface area contributed by atoms with Gasteiger partial charge in [0.05, 0.1) is 12.9 Å². The van der Waals surface area contributed by atoms with Crippen LogP contribution in [0.5, 0.6) is 0 Å². The second-order valence-electron chi connectivity index (χ2n) is 4.11. The minimum Gasteiger partial charge on any atom is -0.339 e. The third-order valence-corrected chi connectivity index (χ3v) is 4.24. The zero-order chi connectivity index (χ0) is 12.7. The van der Waals surface area contributed by atoms with Gasteiger partial charge in [0.1, 0.15) is 8.72 Å². The van der Waals surface area contributed by atoms with Gasteiger partial charge in [-0.3, -0.25) is 9.36 Å². The molecule has 0 spiro atoms. The van der Waals surface area contributed by atoms with Gasteiger partial charge in [-0.05, 0) is 35.4 Å². The average molecular weight is 379 g/mol. The molecule has 94 valence electrons. The molecule has 0 bridgehead atoms. The smallest absolute Gasteiger partial charge is 0.268 e. The van der Waals surface area contributed by atoms with Crippen LogP contribution >= 0.6 is 34.2 Å². The Morgan fingerprint density at radius 2 is 2.33 bits per heavy atom. The Kier molecular flexibility index (Phi) is 3.10. The Bertz CT molecular complexity index is 650. The van der Waals surface area contributed by atoms with Crippen molar-refractivity contribution in [1.82, 2.24) is 19.7 Å². The highest BCUT2D eigenvalue weighted by molar-refractivity contribution is 14.1. The summed E-state index contributed by atoms with van der Waals surface area (Å²) in [5.41, 5.74) is -0.201. The van der Waals surface area contributed by atoms with Crippen LogP contribution in [0.3, 0.4) is 0 Å². The van der Waals surface area contributed by atoms with E-state index in [0.717, 1.165) is 12.8 Å². The van der Waals surface area contributed by atoms with Gasteiger partial charge in [-0.25, -0.2) is 4.98 Å². The van der Waals surface area contributed by atoms with Crippen LogP contribution in [0.25, 0.3) is 0 Å². The van der Waals surface area contributed by atoms with Crippen LogP contribution in [0.2, 0.25) is 5.15 Å². The predicted octanol–water partition coefficient (Wildman–Crippen LogP) is 1.81. The number of hydrogen-bond donors (Lipinski definition) is 0. The molecule has 1 aliphatic carbocycles. The first-order chi connectivity index (χ1) is 8.65. The molecule has 0 amide bonds. The van der Waals surface area contributed by atoms with Crippen molar-refractivity contribution in [3.63, 3.8) is 0 Å². The van der Waals surface area contributed by atoms with Crippen molar-refractivity contribution in [1.29, 1.82) is 0 Å². The van der Waals surface area contributed by atoms with Gasteiger partial charge in [0.2, 0.25) is 5.89 Å². The molecule has 18 heavy (non-hydrogen) atoms. The summed E-state index contributed by atoms with van der Waals surface area (Å²) in [6.45, 7) is 0.245. The second kappa shape index (κ2) is 4.61. The largest absolute Gasteiger partial charge is 0.339 e. The molecule has 6 nitrogen and oxygen atoms in total. The predicted molar refractivity (Wildman–Crippen MR) is 71.6 cm³/mol. The molecule has 0 radical (unpaired) electrons. The molecular weight excluding hydrogens is 370 g/mol. The summed E-state index contributed by atoms with van der Waals surface area (Å²) >= 11 is 7.63. The van der Waals surface area contributed by atoms with Crippen LogP contribution in [0.15, 0.2) is 15.6 Å². The number of nitrogens with zero attached hydrogens (tertiary/aromatic N) is 4. The van der Waals surface area contributed by atoms with E-state index >= 15 is 0 Å². The molecule has 2 aromatic rings. The molecule has 1 aliphatic rings. The number of rotatable bonds is 3. The van der Waals surface area contributed by atoms with E-state index in [1.807, 2.05) is 22.6 Å². The molecule has 0 aromatic carbocycles. The summed E-state index contributed by atoms with van der Waals surface area (Å²) in [5, 5.41) is 4.07. The lowest BCUT2D eigenvalue weighted by molar-refractivity contribution is 0.372. The fourth-order valence-electron chi connectivity index (χ4n) is 1.54. The summed E-state index contributed by atoms with van der Waals surface area (Å²) in [6, 6.07) is 0. The van der Waals surface area contributed by atoms with Crippen molar-refractivity contribution in [3.05, 3.63) is 37.1 Å². The highest BCUT2D eigenvalue weighted by Gasteiger charge is 2.29. The first kappa shape index (κ1) is 12.1. The van der Waals surface area contributed by atoms with E-state index in [9.17, 15) is 4.79 Å². The number of halogens is 2. The SMILES string of the molecule is O=c1c(I)c(Cl)ncn1Cc1noc(C2CC2)n1. The molecule has 8 heteroatoms. The van der Waals surface area contributed by atoms with Gasteiger partial charge in [-0.2, -0.15) is 4.98 Å². The van der Waals surface area contributed by atoms with Gasteiger partial charge in [0, 0.05) is 5.92 Å². The molecular formula is C10H8ClIN4O2. The zero-order valence-electron chi connectivity index (χ0n) is 9.14. The fraction of sp³-hybridized carbons (Fsp3) is 0.400. The monoisotopic (exact) mass is 378 g/mol. The Morgan fingerprint density at radius 1 is 1.56 bits per heavy atom. The molecule has 0 N–H and O–H groups in total. The van der Waals surface area contributed by atoms with E-state index in [1.165, 1.54) is 10.9 Å². The molecule has 2 aromatic heterocycles. The van der Waals surface area contributed by atoms with Crippen LogP contribution in [-0.2, 0) is 6.54 Å². The van der Waals surface area contributed by atoms with Crippen molar-refractivity contribution in [2.24, 2.45) is 0 Å². The molecule has 3 rings (SSSR count). The Morgan fingerprint density at radius 3 is 3.06 bits per heavy atom. The van der Waals surface area contributed by atoms with Gasteiger partial charge < -0.3 is 4.52 Å². The molecule has 0 aliphatic heterocycles. The van der Waals surface area contributed by atoms with E-state index < -0.39 is 0 Å². The Hall–Kier alpha value is -0.960. The molecule has 0 saturated heterocycles. The van der Waals surface area contributed by atoms with Crippen molar-refractivity contribution >= 4 is 34.2 Å². The second-order valence-corrected chi connectivity index (χ2v) is 5.54. The standard InChI is InChI=1S/C10H8ClIN4O2/c11-8-7(12)10(17)16(4-13-8)3-6-14-9(18-15-6)5-1-2-5/h4-5H,1-3H2. The summed E-state index contributed by atoms with van der Waals surface area (Å²) < 4.78 is 6.93. The van der Waals surface area contributed by atoms with Gasteiger partial charge in [-0.1, -0.05) is 16.8 Å². The van der Waals surface area contributed by atoms with Crippen molar-refractivity contribution in [3.8, 4) is 0 Å². The maximum Gasteiger partial charge on any atom is 0.268 e. The van der Waals surface area contributed by atoms with Crippen molar-refractivity contribution in [2.75, 3.05) is 0 Å². The van der Waals surface area contributed by atoms with Crippen LogP contribution in [0, 0.1) is 3.57 Å². The van der Waals surface area contributed by atoms with Crippen LogP contribution in [0.1, 0.15) is 30.5 Å². The number of aromatic nitrogens is 4. The van der Waals surface area contributed by atoms with Crippen LogP contribution in [0.4, 0.5) is 0 Å². The van der Waals surface area contributed by atoms with E-state index in [1.54, 1.807) is 0 Å². The van der Waals surface area contributed by atoms with E-state index in [4.69, 9.17) is 16.1 Å². The lowest BCUT2D eigenvalue weighted by Crippen LogP contribution is -2.24. The molecule has 1 fully saturated rings. The van der Waals surface area contributed by atoms with Crippen molar-refractivity contribution in [2.45, 2.75) is 25.3 Å². The van der Waals surface area contributed by atoms with Gasteiger partial charge >= 0.3 is 0 Å². The normalized spacial score (nSPS) is 15.0. The van der Waals surface area contributed by atoms with E-state index in [2.05, 4.69) is 15.1 Å². The average Bonchev–Trinajstić information content (AvgIpc) is 3.11. The minimum absolute atomic E-state index is 0.201. The van der Waals surface area contributed by atoms with Crippen molar-refractivity contribution < 1.29 is 4.52 Å². The molecule has 1 saturated carbocycles. The Balaban J connectivity index is 1.87. The number of hydrogen-bond acceptors (Lipinski definition) is 5. The topological polar surface area (TPSA) is 73.8 Å². The van der Waals surface area contributed by atoms with Gasteiger partial charge in [0.25, 0.3) is 5.56 Å². The zero-order valence-corrected chi connectivity index (χ0v) is 12.1. The lowest BCUT2D eigenvalue weighted by Gasteiger charge is -2.02. The summed E-state index contributed by atoms with van der Waals surface area (Å²) in [4.78, 5) is 20.1. The first-order valence-corrected chi connectivity index (χ1v) is 6.83. The third-order valence-electron chi connectivity index (χ3n) is 2.66. The summed E-state index contributed by atoms with van der Waals surface area (Å²) in [6.07, 6.45) is 3.59. The van der Waals surface area contributed by atoms with E-state index in [0.29, 0.717) is 21.2 Å². The van der Waals surface area contributed by atoms with Gasteiger partial charge in [0.15, 0.2) is 5.82 Å². The highest BCUT2D eigenvalue weighted by atomic mass is 127. The lowest BCUT2D eigenvalue weighted by atomic mass is 10.4. The Labute approximate surface area is 121 Å². The molecule has 2 heterocycles. The summed E-state index contributed by atoms with van der Waals surface area (Å²) in [7, 11) is 0. The maximum absolute atomic E-state index is 11.9. The molecule has 0 atom stereocenters. The minimum atomic E-state index is -0.201. The van der Waals surface area contributed by atoms with Gasteiger partial charge in [-0.15, -0.1) is 0 Å². The van der Waals surface area contributed by atoms with Crippen LogP contribution in [-0.4, -0.2) is 19.7 Å². The summed E-state index contributed by atoms with van der Waals surface area (Å²) in [5.74, 6) is 1.56. The quantitative estimate of drug-likeness (QED) is 0.601.